The molecular weight excluding hydrogens is 242 g/mol. The van der Waals surface area contributed by atoms with E-state index in [9.17, 15) is 9.90 Å². The quantitative estimate of drug-likeness (QED) is 0.850. The van der Waals surface area contributed by atoms with Gasteiger partial charge >= 0.3 is 5.97 Å². The van der Waals surface area contributed by atoms with Gasteiger partial charge in [-0.25, -0.2) is 0 Å². The van der Waals surface area contributed by atoms with Crippen LogP contribution in [0.3, 0.4) is 0 Å². The van der Waals surface area contributed by atoms with Crippen molar-refractivity contribution >= 4 is 5.97 Å². The summed E-state index contributed by atoms with van der Waals surface area (Å²) in [5, 5.41) is 12.5. The molecule has 2 rings (SSSR count). The largest absolute Gasteiger partial charge is 0.481 e. The van der Waals surface area contributed by atoms with Crippen LogP contribution in [0, 0.1) is 5.92 Å². The van der Waals surface area contributed by atoms with Gasteiger partial charge in [0, 0.05) is 37.9 Å². The lowest BCUT2D eigenvalue weighted by Gasteiger charge is -2.37. The number of rotatable bonds is 3. The van der Waals surface area contributed by atoms with E-state index in [0.717, 1.165) is 12.2 Å². The van der Waals surface area contributed by atoms with Gasteiger partial charge in [-0.1, -0.05) is 6.07 Å². The fourth-order valence-corrected chi connectivity index (χ4v) is 2.37. The third kappa shape index (κ3) is 3.52. The number of hydrogen-bond acceptors (Lipinski definition) is 4. The zero-order valence-electron chi connectivity index (χ0n) is 11.5. The van der Waals surface area contributed by atoms with E-state index in [2.05, 4.69) is 29.0 Å². The maximum Gasteiger partial charge on any atom is 0.309 e. The first kappa shape index (κ1) is 14.0. The number of pyridine rings is 1. The number of carbonyl (C=O) groups is 1. The third-order valence-corrected chi connectivity index (χ3v) is 3.67. The molecule has 1 aliphatic rings. The van der Waals surface area contributed by atoms with E-state index in [1.165, 1.54) is 0 Å². The normalized spacial score (nSPS) is 23.8. The molecule has 19 heavy (non-hydrogen) atoms. The zero-order valence-corrected chi connectivity index (χ0v) is 11.5. The van der Waals surface area contributed by atoms with Gasteiger partial charge in [-0.05, 0) is 26.0 Å². The topological polar surface area (TPSA) is 65.5 Å². The Bertz CT molecular complexity index is 434. The molecule has 5 heteroatoms. The number of hydrogen-bond donors (Lipinski definition) is 2. The van der Waals surface area contributed by atoms with Gasteiger partial charge in [-0.2, -0.15) is 0 Å². The summed E-state index contributed by atoms with van der Waals surface area (Å²) in [6.07, 6.45) is 1.77. The smallest absolute Gasteiger partial charge is 0.309 e. The average molecular weight is 263 g/mol. The molecule has 1 fully saturated rings. The number of carboxylic acid groups (broad SMARTS) is 1. The lowest BCUT2D eigenvalue weighted by Crippen LogP contribution is -2.48. The van der Waals surface area contributed by atoms with Crippen molar-refractivity contribution in [2.45, 2.75) is 25.9 Å². The van der Waals surface area contributed by atoms with Crippen LogP contribution < -0.4 is 5.32 Å². The second-order valence-corrected chi connectivity index (χ2v) is 5.68. The number of aromatic nitrogens is 1. The highest BCUT2D eigenvalue weighted by Crippen LogP contribution is 2.21. The van der Waals surface area contributed by atoms with Crippen LogP contribution in [-0.4, -0.2) is 46.1 Å². The first-order valence-electron chi connectivity index (χ1n) is 6.57. The van der Waals surface area contributed by atoms with Gasteiger partial charge in [0.15, 0.2) is 0 Å². The summed E-state index contributed by atoms with van der Waals surface area (Å²) in [5.41, 5.74) is 0.892. The van der Waals surface area contributed by atoms with Gasteiger partial charge in [0.2, 0.25) is 0 Å². The lowest BCUT2D eigenvalue weighted by molar-refractivity contribution is -0.142. The molecule has 1 aliphatic heterocycles. The molecule has 1 saturated heterocycles. The molecule has 0 aromatic carbocycles. The minimum Gasteiger partial charge on any atom is -0.481 e. The van der Waals surface area contributed by atoms with Gasteiger partial charge in [0.25, 0.3) is 0 Å². The van der Waals surface area contributed by atoms with Crippen LogP contribution in [0.4, 0.5) is 0 Å². The monoisotopic (exact) mass is 263 g/mol. The summed E-state index contributed by atoms with van der Waals surface area (Å²) >= 11 is 0. The number of aliphatic carboxylic acids is 1. The Morgan fingerprint density at radius 3 is 3.00 bits per heavy atom. The van der Waals surface area contributed by atoms with Crippen molar-refractivity contribution < 1.29 is 9.90 Å². The fourth-order valence-electron chi connectivity index (χ4n) is 2.37. The van der Waals surface area contributed by atoms with Crippen LogP contribution in [0.15, 0.2) is 24.4 Å². The Morgan fingerprint density at radius 2 is 2.37 bits per heavy atom. The van der Waals surface area contributed by atoms with Crippen molar-refractivity contribution in [3.8, 4) is 0 Å². The van der Waals surface area contributed by atoms with Crippen LogP contribution in [0.5, 0.6) is 0 Å². The van der Waals surface area contributed by atoms with Crippen LogP contribution in [0.25, 0.3) is 0 Å². The second kappa shape index (κ2) is 5.67. The minimum absolute atomic E-state index is 0.0816. The molecule has 1 aromatic heterocycles. The first-order valence-corrected chi connectivity index (χ1v) is 6.57. The van der Waals surface area contributed by atoms with Gasteiger partial charge in [-0.3, -0.25) is 14.7 Å². The Balaban J connectivity index is 2.15. The molecule has 1 atom stereocenters. The molecule has 0 amide bonds. The van der Waals surface area contributed by atoms with E-state index >= 15 is 0 Å². The van der Waals surface area contributed by atoms with E-state index in [0.29, 0.717) is 19.6 Å². The maximum atomic E-state index is 11.2. The molecule has 0 aliphatic carbocycles. The summed E-state index contributed by atoms with van der Waals surface area (Å²) in [6, 6.07) is 5.82. The van der Waals surface area contributed by atoms with E-state index in [1.54, 1.807) is 6.20 Å². The first-order chi connectivity index (χ1) is 8.99. The average Bonchev–Trinajstić information content (AvgIpc) is 2.50. The molecule has 0 spiro atoms. The molecule has 2 N–H and O–H groups in total. The third-order valence-electron chi connectivity index (χ3n) is 3.67. The number of nitrogens with one attached hydrogen (secondary N) is 1. The highest BCUT2D eigenvalue weighted by Gasteiger charge is 2.34. The molecule has 104 valence electrons. The summed E-state index contributed by atoms with van der Waals surface area (Å²) in [4.78, 5) is 17.8. The van der Waals surface area contributed by atoms with E-state index in [4.69, 9.17) is 0 Å². The Kier molecular flexibility index (Phi) is 4.17. The summed E-state index contributed by atoms with van der Waals surface area (Å²) in [5.74, 6) is -1.11. The number of carboxylic acids is 1. The van der Waals surface area contributed by atoms with Gasteiger partial charge < -0.3 is 10.4 Å². The lowest BCUT2D eigenvalue weighted by atomic mass is 10.0. The molecule has 0 bridgehead atoms. The maximum absolute atomic E-state index is 11.2. The summed E-state index contributed by atoms with van der Waals surface area (Å²) in [6.45, 7) is 6.80. The SMILES string of the molecule is CC1(C)CNCC(C(=O)O)CN1Cc1ccccn1. The number of nitrogens with zero attached hydrogens (tertiary/aromatic N) is 2. The summed E-state index contributed by atoms with van der Waals surface area (Å²) in [7, 11) is 0. The van der Waals surface area contributed by atoms with Crippen LogP contribution in [-0.2, 0) is 11.3 Å². The van der Waals surface area contributed by atoms with Gasteiger partial charge in [0.1, 0.15) is 0 Å². The second-order valence-electron chi connectivity index (χ2n) is 5.68. The van der Waals surface area contributed by atoms with Gasteiger partial charge in [0.05, 0.1) is 11.6 Å². The van der Waals surface area contributed by atoms with Crippen molar-refractivity contribution in [1.82, 2.24) is 15.2 Å². The van der Waals surface area contributed by atoms with Crippen molar-refractivity contribution in [2.75, 3.05) is 19.6 Å². The molecular formula is C14H21N3O2. The van der Waals surface area contributed by atoms with Crippen LogP contribution in [0.2, 0.25) is 0 Å². The standard InChI is InChI=1S/C14H21N3O2/c1-14(2)10-15-7-11(13(18)19)8-17(14)9-12-5-3-4-6-16-12/h3-6,11,15H,7-10H2,1-2H3,(H,18,19). The van der Waals surface area contributed by atoms with Crippen molar-refractivity contribution in [1.29, 1.82) is 0 Å². The van der Waals surface area contributed by atoms with Gasteiger partial charge in [-0.15, -0.1) is 0 Å². The molecule has 5 nitrogen and oxygen atoms in total. The van der Waals surface area contributed by atoms with Crippen LogP contribution >= 0.6 is 0 Å². The Hall–Kier alpha value is -1.46. The molecule has 0 radical (unpaired) electrons. The highest BCUT2D eigenvalue weighted by atomic mass is 16.4. The van der Waals surface area contributed by atoms with Crippen molar-refractivity contribution in [2.24, 2.45) is 5.92 Å². The highest BCUT2D eigenvalue weighted by molar-refractivity contribution is 5.70. The minimum atomic E-state index is -0.740. The predicted molar refractivity (Wildman–Crippen MR) is 72.7 cm³/mol. The fraction of sp³-hybridized carbons (Fsp3) is 0.571. The van der Waals surface area contributed by atoms with Crippen molar-refractivity contribution in [3.05, 3.63) is 30.1 Å². The predicted octanol–water partition coefficient (Wildman–Crippen LogP) is 0.966. The van der Waals surface area contributed by atoms with E-state index < -0.39 is 5.97 Å². The van der Waals surface area contributed by atoms with Crippen LogP contribution in [0.1, 0.15) is 19.5 Å². The molecule has 1 unspecified atom stereocenters. The van der Waals surface area contributed by atoms with E-state index in [1.807, 2.05) is 18.2 Å². The molecule has 0 saturated carbocycles. The Labute approximate surface area is 113 Å². The van der Waals surface area contributed by atoms with Crippen molar-refractivity contribution in [3.63, 3.8) is 0 Å². The molecule has 2 heterocycles. The van der Waals surface area contributed by atoms with E-state index in [-0.39, 0.29) is 11.5 Å². The Morgan fingerprint density at radius 1 is 1.58 bits per heavy atom. The zero-order chi connectivity index (χ0) is 13.9. The summed E-state index contributed by atoms with van der Waals surface area (Å²) < 4.78 is 0. The molecule has 1 aromatic rings.